The second-order valence-corrected chi connectivity index (χ2v) is 6.58. The molecule has 4 heterocycles. The molecule has 3 aromatic rings. The minimum atomic E-state index is 0.0290. The van der Waals surface area contributed by atoms with E-state index in [0.29, 0.717) is 17.9 Å². The van der Waals surface area contributed by atoms with E-state index in [1.165, 1.54) is 0 Å². The first-order valence-electron chi connectivity index (χ1n) is 8.73. The van der Waals surface area contributed by atoms with Crippen LogP contribution in [0, 0.1) is 0 Å². The first-order chi connectivity index (χ1) is 12.2. The normalized spacial score (nSPS) is 15.8. The van der Waals surface area contributed by atoms with E-state index in [1.54, 1.807) is 10.7 Å². The van der Waals surface area contributed by atoms with E-state index in [0.717, 1.165) is 42.7 Å². The summed E-state index contributed by atoms with van der Waals surface area (Å²) in [4.78, 5) is 4.61. The first-order valence-corrected chi connectivity index (χ1v) is 8.73. The standard InChI is InChI=1S/C17H23N7O/c1-11(2)25-16-14(12-9-19-20-10-12)3-4-15-22-17(23-24(15)16)21-13-5-7-18-8-6-13/h3-4,9-11,13,18H,5-8H2,1-2H3,(H,19,20)(H,21,23). The molecule has 0 spiro atoms. The molecule has 3 N–H and O–H groups in total. The molecule has 0 amide bonds. The topological polar surface area (TPSA) is 92.2 Å². The van der Waals surface area contributed by atoms with E-state index in [2.05, 4.69) is 30.9 Å². The van der Waals surface area contributed by atoms with E-state index >= 15 is 0 Å². The summed E-state index contributed by atoms with van der Waals surface area (Å²) in [6, 6.07) is 4.36. The van der Waals surface area contributed by atoms with Crippen molar-refractivity contribution in [3.8, 4) is 17.0 Å². The number of nitrogens with one attached hydrogen (secondary N) is 3. The predicted octanol–water partition coefficient (Wildman–Crippen LogP) is 2.07. The van der Waals surface area contributed by atoms with Gasteiger partial charge in [0.2, 0.25) is 11.8 Å². The molecular formula is C17H23N7O. The lowest BCUT2D eigenvalue weighted by molar-refractivity contribution is 0.228. The van der Waals surface area contributed by atoms with Crippen molar-refractivity contribution in [2.45, 2.75) is 38.8 Å². The predicted molar refractivity (Wildman–Crippen MR) is 95.8 cm³/mol. The quantitative estimate of drug-likeness (QED) is 0.658. The largest absolute Gasteiger partial charge is 0.474 e. The fourth-order valence-corrected chi connectivity index (χ4v) is 3.09. The van der Waals surface area contributed by atoms with E-state index in [4.69, 9.17) is 4.74 Å². The van der Waals surface area contributed by atoms with Gasteiger partial charge >= 0.3 is 0 Å². The van der Waals surface area contributed by atoms with Crippen molar-refractivity contribution >= 4 is 11.6 Å². The highest BCUT2D eigenvalue weighted by Gasteiger charge is 2.19. The van der Waals surface area contributed by atoms with Crippen LogP contribution in [-0.2, 0) is 0 Å². The number of H-pyrrole nitrogens is 1. The Labute approximate surface area is 146 Å². The molecule has 0 aromatic carbocycles. The molecule has 1 aliphatic heterocycles. The molecule has 4 rings (SSSR count). The van der Waals surface area contributed by atoms with Crippen molar-refractivity contribution < 1.29 is 4.74 Å². The van der Waals surface area contributed by atoms with Crippen LogP contribution in [0.3, 0.4) is 0 Å². The maximum Gasteiger partial charge on any atom is 0.243 e. The third-order valence-electron chi connectivity index (χ3n) is 4.28. The summed E-state index contributed by atoms with van der Waals surface area (Å²) in [5.74, 6) is 1.32. The Bertz CT molecular complexity index is 834. The molecule has 0 aliphatic carbocycles. The molecule has 1 saturated heterocycles. The average Bonchev–Trinajstić information content (AvgIpc) is 3.25. The van der Waals surface area contributed by atoms with Crippen LogP contribution in [0.1, 0.15) is 26.7 Å². The zero-order valence-corrected chi connectivity index (χ0v) is 14.5. The minimum absolute atomic E-state index is 0.0290. The number of anilines is 1. The number of piperidine rings is 1. The van der Waals surface area contributed by atoms with Crippen molar-refractivity contribution in [1.29, 1.82) is 0 Å². The van der Waals surface area contributed by atoms with Gasteiger partial charge in [-0.25, -0.2) is 0 Å². The van der Waals surface area contributed by atoms with E-state index in [-0.39, 0.29) is 6.10 Å². The van der Waals surface area contributed by atoms with Crippen LogP contribution < -0.4 is 15.4 Å². The summed E-state index contributed by atoms with van der Waals surface area (Å²) in [5.41, 5.74) is 2.66. The van der Waals surface area contributed by atoms with Gasteiger partial charge in [-0.2, -0.15) is 14.6 Å². The number of aromatic nitrogens is 5. The van der Waals surface area contributed by atoms with Gasteiger partial charge in [-0.15, -0.1) is 5.10 Å². The molecule has 0 unspecified atom stereocenters. The van der Waals surface area contributed by atoms with Gasteiger partial charge in [0.25, 0.3) is 0 Å². The van der Waals surface area contributed by atoms with Crippen molar-refractivity contribution in [2.24, 2.45) is 0 Å². The summed E-state index contributed by atoms with van der Waals surface area (Å²) >= 11 is 0. The highest BCUT2D eigenvalue weighted by Crippen LogP contribution is 2.31. The lowest BCUT2D eigenvalue weighted by atomic mass is 10.1. The van der Waals surface area contributed by atoms with Crippen molar-refractivity contribution in [3.63, 3.8) is 0 Å². The number of fused-ring (bicyclic) bond motifs is 1. The fraction of sp³-hybridized carbons (Fsp3) is 0.471. The van der Waals surface area contributed by atoms with Gasteiger partial charge in [0, 0.05) is 23.4 Å². The van der Waals surface area contributed by atoms with Crippen LogP contribution in [0.2, 0.25) is 0 Å². The second-order valence-electron chi connectivity index (χ2n) is 6.58. The molecule has 0 atom stereocenters. The Hall–Kier alpha value is -2.61. The maximum atomic E-state index is 6.07. The smallest absolute Gasteiger partial charge is 0.243 e. The Morgan fingerprint density at radius 2 is 2.12 bits per heavy atom. The van der Waals surface area contributed by atoms with E-state index in [1.807, 2.05) is 32.2 Å². The zero-order chi connectivity index (χ0) is 17.2. The Kier molecular flexibility index (Phi) is 4.27. The lowest BCUT2D eigenvalue weighted by Crippen LogP contribution is -2.35. The third-order valence-corrected chi connectivity index (χ3v) is 4.28. The molecule has 1 aliphatic rings. The van der Waals surface area contributed by atoms with E-state index in [9.17, 15) is 0 Å². The molecule has 0 bridgehead atoms. The van der Waals surface area contributed by atoms with Crippen LogP contribution >= 0.6 is 0 Å². The number of nitrogens with zero attached hydrogens (tertiary/aromatic N) is 4. The van der Waals surface area contributed by atoms with Crippen molar-refractivity contribution in [3.05, 3.63) is 24.5 Å². The molecule has 0 radical (unpaired) electrons. The van der Waals surface area contributed by atoms with Gasteiger partial charge in [0.1, 0.15) is 0 Å². The van der Waals surface area contributed by atoms with Crippen LogP contribution in [-0.4, -0.2) is 50.0 Å². The van der Waals surface area contributed by atoms with Gasteiger partial charge in [-0.05, 0) is 51.9 Å². The molecule has 1 fully saturated rings. The fourth-order valence-electron chi connectivity index (χ4n) is 3.09. The summed E-state index contributed by atoms with van der Waals surface area (Å²) in [7, 11) is 0. The Balaban J connectivity index is 1.72. The summed E-state index contributed by atoms with van der Waals surface area (Å²) < 4.78 is 7.84. The average molecular weight is 341 g/mol. The van der Waals surface area contributed by atoms with Crippen molar-refractivity contribution in [1.82, 2.24) is 30.1 Å². The number of hydrogen-bond acceptors (Lipinski definition) is 6. The maximum absolute atomic E-state index is 6.07. The summed E-state index contributed by atoms with van der Waals surface area (Å²) in [6.45, 7) is 6.06. The van der Waals surface area contributed by atoms with Crippen molar-refractivity contribution in [2.75, 3.05) is 18.4 Å². The number of hydrogen-bond donors (Lipinski definition) is 3. The third kappa shape index (κ3) is 3.30. The van der Waals surface area contributed by atoms with Crippen LogP contribution in [0.5, 0.6) is 5.88 Å². The zero-order valence-electron chi connectivity index (χ0n) is 14.5. The highest BCUT2D eigenvalue weighted by molar-refractivity contribution is 5.70. The van der Waals surface area contributed by atoms with Gasteiger partial charge in [0.05, 0.1) is 12.3 Å². The van der Waals surface area contributed by atoms with Gasteiger partial charge < -0.3 is 15.4 Å². The van der Waals surface area contributed by atoms with Crippen LogP contribution in [0.25, 0.3) is 16.8 Å². The second kappa shape index (κ2) is 6.72. The molecular weight excluding hydrogens is 318 g/mol. The summed E-state index contributed by atoms with van der Waals surface area (Å²) in [5, 5.41) is 18.3. The molecule has 0 saturated carbocycles. The first kappa shape index (κ1) is 15.9. The Morgan fingerprint density at radius 1 is 1.28 bits per heavy atom. The number of ether oxygens (including phenoxy) is 1. The monoisotopic (exact) mass is 341 g/mol. The van der Waals surface area contributed by atoms with Gasteiger partial charge in [-0.3, -0.25) is 5.10 Å². The minimum Gasteiger partial charge on any atom is -0.474 e. The highest BCUT2D eigenvalue weighted by atomic mass is 16.5. The molecule has 3 aromatic heterocycles. The van der Waals surface area contributed by atoms with E-state index < -0.39 is 0 Å². The van der Waals surface area contributed by atoms with Gasteiger partial charge in [0.15, 0.2) is 5.65 Å². The Morgan fingerprint density at radius 3 is 2.84 bits per heavy atom. The number of rotatable bonds is 5. The molecule has 132 valence electrons. The molecule has 25 heavy (non-hydrogen) atoms. The number of aromatic amines is 1. The molecule has 8 nitrogen and oxygen atoms in total. The van der Waals surface area contributed by atoms with Crippen LogP contribution in [0.4, 0.5) is 5.95 Å². The van der Waals surface area contributed by atoms with Crippen LogP contribution in [0.15, 0.2) is 24.5 Å². The molecule has 8 heteroatoms. The lowest BCUT2D eigenvalue weighted by Gasteiger charge is -2.22. The van der Waals surface area contributed by atoms with Gasteiger partial charge in [-0.1, -0.05) is 0 Å². The summed E-state index contributed by atoms with van der Waals surface area (Å²) in [6.07, 6.45) is 5.80. The number of pyridine rings is 1. The SMILES string of the molecule is CC(C)Oc1c(-c2cn[nH]c2)ccc2nc(NC3CCNCC3)nn12.